The van der Waals surface area contributed by atoms with Crippen LogP contribution in [0, 0.1) is 6.92 Å². The van der Waals surface area contributed by atoms with Gasteiger partial charge in [-0.3, -0.25) is 9.35 Å². The van der Waals surface area contributed by atoms with Crippen molar-refractivity contribution in [3.05, 3.63) is 105 Å². The molecule has 0 unspecified atom stereocenters. The highest BCUT2D eigenvalue weighted by molar-refractivity contribution is 7.86. The van der Waals surface area contributed by atoms with E-state index in [0.717, 1.165) is 5.56 Å². The lowest BCUT2D eigenvalue weighted by Gasteiger charge is -2.14. The molecule has 4 aromatic rings. The van der Waals surface area contributed by atoms with E-state index < -0.39 is 50.4 Å². The number of phenolic OH excluding ortho intramolecular Hbond substituents is 7. The van der Waals surface area contributed by atoms with Crippen LogP contribution in [0.4, 0.5) is 0 Å². The number of hydrogen-bond donors (Lipinski definition) is 8. The first-order valence-corrected chi connectivity index (χ1v) is 14.4. The molecule has 0 fully saturated rings. The third-order valence-electron chi connectivity index (χ3n) is 6.94. The first kappa shape index (κ1) is 32.1. The number of allylic oxidation sites excluding steroid dienone is 1. The number of hydrogen-bond acceptors (Lipinski definition) is 10. The van der Waals surface area contributed by atoms with Crippen molar-refractivity contribution >= 4 is 27.7 Å². The Bertz CT molecular complexity index is 1970. The molecule has 14 heteroatoms. The monoisotopic (exact) mass is 634 g/mol. The van der Waals surface area contributed by atoms with Crippen LogP contribution in [0.2, 0.25) is 0 Å². The maximum atomic E-state index is 11.7. The first-order chi connectivity index (χ1) is 21.1. The van der Waals surface area contributed by atoms with E-state index in [-0.39, 0.29) is 40.3 Å². The van der Waals surface area contributed by atoms with Crippen LogP contribution in [0.5, 0.6) is 40.2 Å². The van der Waals surface area contributed by atoms with Gasteiger partial charge in [0.2, 0.25) is 11.5 Å². The zero-order valence-corrected chi connectivity index (χ0v) is 24.2. The Morgan fingerprint density at radius 1 is 0.689 bits per heavy atom. The SMILES string of the molecule is Cc1cc(Cc2ccc(O)c(O)c2O)c(O)c(Cc2ccc(O)c(O)c2O)c1.[N-]=[N+]=C1C=Cc2c(cccc2S(=O)(=O)O)C1=O. The van der Waals surface area contributed by atoms with Crippen molar-refractivity contribution in [1.29, 1.82) is 0 Å². The zero-order valence-electron chi connectivity index (χ0n) is 23.4. The van der Waals surface area contributed by atoms with Gasteiger partial charge in [-0.2, -0.15) is 13.2 Å². The fourth-order valence-corrected chi connectivity index (χ4v) is 5.42. The third kappa shape index (κ3) is 6.58. The van der Waals surface area contributed by atoms with Crippen molar-refractivity contribution in [3.8, 4) is 40.2 Å². The van der Waals surface area contributed by atoms with Crippen molar-refractivity contribution in [3.63, 3.8) is 0 Å². The van der Waals surface area contributed by atoms with Gasteiger partial charge in [0.15, 0.2) is 23.0 Å². The van der Waals surface area contributed by atoms with E-state index in [1.807, 2.05) is 6.92 Å². The quantitative estimate of drug-likeness (QED) is 0.0676. The number of fused-ring (bicyclic) bond motifs is 1. The fraction of sp³-hybridized carbons (Fsp3) is 0.0968. The second-order valence-electron chi connectivity index (χ2n) is 10.0. The van der Waals surface area contributed by atoms with E-state index in [1.54, 1.807) is 12.1 Å². The average Bonchev–Trinajstić information content (AvgIpc) is 2.99. The summed E-state index contributed by atoms with van der Waals surface area (Å²) in [5, 5.41) is 69.0. The average molecular weight is 635 g/mol. The van der Waals surface area contributed by atoms with Crippen molar-refractivity contribution in [2.75, 3.05) is 0 Å². The maximum absolute atomic E-state index is 11.7. The Kier molecular flexibility index (Phi) is 8.86. The Morgan fingerprint density at radius 3 is 1.67 bits per heavy atom. The zero-order chi connectivity index (χ0) is 33.2. The number of phenols is 7. The van der Waals surface area contributed by atoms with Gasteiger partial charge in [0.25, 0.3) is 15.9 Å². The Labute approximate surface area is 255 Å². The van der Waals surface area contributed by atoms with Crippen LogP contribution < -0.4 is 0 Å². The highest BCUT2D eigenvalue weighted by Crippen LogP contribution is 2.41. The van der Waals surface area contributed by atoms with Gasteiger partial charge in [0, 0.05) is 41.2 Å². The molecule has 0 aliphatic heterocycles. The molecule has 0 saturated carbocycles. The molecule has 0 bridgehead atoms. The van der Waals surface area contributed by atoms with Crippen LogP contribution in [0.15, 0.2) is 65.6 Å². The summed E-state index contributed by atoms with van der Waals surface area (Å²) < 4.78 is 31.2. The molecule has 1 aliphatic carbocycles. The van der Waals surface area contributed by atoms with E-state index in [0.29, 0.717) is 22.3 Å². The summed E-state index contributed by atoms with van der Waals surface area (Å²) in [6.07, 6.45) is 2.66. The summed E-state index contributed by atoms with van der Waals surface area (Å²) in [6, 6.07) is 12.7. The molecule has 4 aromatic carbocycles. The second-order valence-corrected chi connectivity index (χ2v) is 11.4. The summed E-state index contributed by atoms with van der Waals surface area (Å²) in [6.45, 7) is 1.81. The summed E-state index contributed by atoms with van der Waals surface area (Å²) >= 11 is 0. The number of carbonyl (C=O) groups excluding carboxylic acids is 1. The lowest BCUT2D eigenvalue weighted by molar-refractivity contribution is -0.00436. The Hall–Kier alpha value is -5.82. The number of carbonyl (C=O) groups is 1. The van der Waals surface area contributed by atoms with Crippen LogP contribution >= 0.6 is 0 Å². The van der Waals surface area contributed by atoms with Gasteiger partial charge >= 0.3 is 5.71 Å². The predicted octanol–water partition coefficient (Wildman–Crippen LogP) is 3.93. The van der Waals surface area contributed by atoms with Gasteiger partial charge in [-0.1, -0.05) is 42.0 Å². The Morgan fingerprint density at radius 2 is 1.20 bits per heavy atom. The number of ketones is 1. The van der Waals surface area contributed by atoms with Crippen molar-refractivity contribution in [2.45, 2.75) is 24.7 Å². The molecule has 0 atom stereocenters. The molecule has 0 aromatic heterocycles. The standard InChI is InChI=1S/C21H20O7.C10H6N2O4S/c1-10-6-13(8-11-2-4-15(22)20(27)18(11)25)17(24)14(7-10)9-12-3-5-16(23)21(28)19(12)26;11-12-8-5-4-6-7(10(8)13)2-1-3-9(6)17(14,15)16/h2-7,22-28H,8-9H2,1H3;1-5H,(H,14,15,16). The van der Waals surface area contributed by atoms with Crippen molar-refractivity contribution < 1.29 is 58.3 Å². The van der Waals surface area contributed by atoms with E-state index in [1.165, 1.54) is 54.6 Å². The topological polar surface area (TPSA) is 249 Å². The normalized spacial score (nSPS) is 12.2. The minimum atomic E-state index is -4.40. The van der Waals surface area contributed by atoms with E-state index in [9.17, 15) is 49.0 Å². The maximum Gasteiger partial charge on any atom is 0.362 e. The largest absolute Gasteiger partial charge is 0.507 e. The summed E-state index contributed by atoms with van der Waals surface area (Å²) in [7, 11) is -4.40. The van der Waals surface area contributed by atoms with Crippen LogP contribution in [-0.4, -0.2) is 65.0 Å². The van der Waals surface area contributed by atoms with E-state index >= 15 is 0 Å². The third-order valence-corrected chi connectivity index (χ3v) is 7.85. The van der Waals surface area contributed by atoms with Gasteiger partial charge < -0.3 is 41.3 Å². The lowest BCUT2D eigenvalue weighted by atomic mass is 9.94. The predicted molar refractivity (Wildman–Crippen MR) is 160 cm³/mol. The lowest BCUT2D eigenvalue weighted by Crippen LogP contribution is -2.19. The van der Waals surface area contributed by atoms with Gasteiger partial charge in [-0.15, -0.1) is 0 Å². The summed E-state index contributed by atoms with van der Waals surface area (Å²) in [5.74, 6) is -3.76. The number of rotatable bonds is 5. The Balaban J connectivity index is 0.000000231. The highest BCUT2D eigenvalue weighted by atomic mass is 32.2. The van der Waals surface area contributed by atoms with Gasteiger partial charge in [0.1, 0.15) is 10.6 Å². The second kappa shape index (κ2) is 12.4. The minimum absolute atomic E-state index is 0.0652. The summed E-state index contributed by atoms with van der Waals surface area (Å²) in [4.78, 5) is 14.1. The highest BCUT2D eigenvalue weighted by Gasteiger charge is 2.29. The van der Waals surface area contributed by atoms with Crippen LogP contribution in [0.25, 0.3) is 11.6 Å². The molecule has 1 aliphatic rings. The molecule has 0 spiro atoms. The molecule has 13 nitrogen and oxygen atoms in total. The molecule has 0 heterocycles. The van der Waals surface area contributed by atoms with Gasteiger partial charge in [0.05, 0.1) is 0 Å². The van der Waals surface area contributed by atoms with E-state index in [4.69, 9.17) is 10.1 Å². The van der Waals surface area contributed by atoms with Crippen LogP contribution in [0.1, 0.15) is 43.7 Å². The fourth-order valence-electron chi connectivity index (χ4n) is 4.71. The number of aryl methyl sites for hydroxylation is 1. The number of nitrogens with zero attached hydrogens (tertiary/aromatic N) is 2. The molecule has 45 heavy (non-hydrogen) atoms. The first-order valence-electron chi connectivity index (χ1n) is 13.0. The van der Waals surface area contributed by atoms with Crippen molar-refractivity contribution in [1.82, 2.24) is 0 Å². The smallest absolute Gasteiger partial charge is 0.362 e. The molecule has 232 valence electrons. The molecule has 5 rings (SSSR count). The molecule has 0 amide bonds. The molecule has 0 radical (unpaired) electrons. The van der Waals surface area contributed by atoms with Gasteiger partial charge in [-0.05, 0) is 42.3 Å². The minimum Gasteiger partial charge on any atom is -0.507 e. The van der Waals surface area contributed by atoms with Gasteiger partial charge in [-0.25, -0.2) is 0 Å². The van der Waals surface area contributed by atoms with Crippen molar-refractivity contribution in [2.24, 2.45) is 0 Å². The van der Waals surface area contributed by atoms with Crippen LogP contribution in [-0.2, 0) is 23.0 Å². The number of Topliss-reactive ketones (excluding diaryl/α,β-unsaturated/α-hetero) is 1. The number of aromatic hydroxyl groups is 7. The van der Waals surface area contributed by atoms with E-state index in [2.05, 4.69) is 4.79 Å². The molecular weight excluding hydrogens is 608 g/mol. The molecule has 8 N–H and O–H groups in total. The summed E-state index contributed by atoms with van der Waals surface area (Å²) in [5.41, 5.74) is 10.9. The number of benzene rings is 4. The molecule has 0 saturated heterocycles. The van der Waals surface area contributed by atoms with Crippen LogP contribution in [0.3, 0.4) is 0 Å². The molecular formula is C31H26N2O11S.